The molecule has 1 unspecified atom stereocenters. The van der Waals surface area contributed by atoms with Crippen molar-refractivity contribution in [2.45, 2.75) is 38.8 Å². The molecule has 9 heteroatoms. The van der Waals surface area contributed by atoms with Crippen LogP contribution in [-0.2, 0) is 4.74 Å². The van der Waals surface area contributed by atoms with E-state index in [1.165, 1.54) is 12.3 Å². The van der Waals surface area contributed by atoms with Crippen molar-refractivity contribution in [3.8, 4) is 5.75 Å². The van der Waals surface area contributed by atoms with E-state index in [1.807, 2.05) is 32.0 Å². The molecule has 4 heterocycles. The molecule has 0 amide bonds. The van der Waals surface area contributed by atoms with Gasteiger partial charge >= 0.3 is 0 Å². The Kier molecular flexibility index (Phi) is 7.16. The molecule has 36 heavy (non-hydrogen) atoms. The highest BCUT2D eigenvalue weighted by molar-refractivity contribution is 6.31. The molecule has 0 aliphatic carbocycles. The van der Waals surface area contributed by atoms with Crippen molar-refractivity contribution in [1.82, 2.24) is 20.2 Å². The van der Waals surface area contributed by atoms with Gasteiger partial charge in [-0.3, -0.25) is 10.1 Å². The summed E-state index contributed by atoms with van der Waals surface area (Å²) >= 11 is 6.35. The molecular weight excluding hydrogens is 481 g/mol. The summed E-state index contributed by atoms with van der Waals surface area (Å²) < 4.78 is 26.7. The van der Waals surface area contributed by atoms with Crippen molar-refractivity contribution in [2.75, 3.05) is 18.5 Å². The van der Waals surface area contributed by atoms with Crippen LogP contribution < -0.4 is 10.1 Å². The fraction of sp³-hybridized carbons (Fsp3) is 0.296. The van der Waals surface area contributed by atoms with Crippen LogP contribution in [0.15, 0.2) is 48.9 Å². The zero-order valence-corrected chi connectivity index (χ0v) is 20.8. The van der Waals surface area contributed by atoms with E-state index in [-0.39, 0.29) is 6.10 Å². The molecular formula is C27H27ClFN5O2. The van der Waals surface area contributed by atoms with Gasteiger partial charge in [-0.1, -0.05) is 11.6 Å². The second-order valence-electron chi connectivity index (χ2n) is 8.88. The average Bonchev–Trinajstić information content (AvgIpc) is 3.27. The lowest BCUT2D eigenvalue weighted by molar-refractivity contribution is 0.0904. The minimum absolute atomic E-state index is 0.292. The summed E-state index contributed by atoms with van der Waals surface area (Å²) in [5, 5.41) is 11.9. The summed E-state index contributed by atoms with van der Waals surface area (Å²) in [4.78, 5) is 8.49. The van der Waals surface area contributed by atoms with Gasteiger partial charge < -0.3 is 14.8 Å². The summed E-state index contributed by atoms with van der Waals surface area (Å²) in [6, 6.07) is 9.35. The lowest BCUT2D eigenvalue weighted by Gasteiger charge is -2.23. The predicted octanol–water partition coefficient (Wildman–Crippen LogP) is 6.51. The van der Waals surface area contributed by atoms with Crippen LogP contribution in [0.5, 0.6) is 5.75 Å². The molecule has 0 spiro atoms. The highest BCUT2D eigenvalue weighted by Gasteiger charge is 2.16. The minimum atomic E-state index is -0.412. The summed E-state index contributed by atoms with van der Waals surface area (Å²) in [5.41, 5.74) is 3.48. The Morgan fingerprint density at radius 1 is 1.22 bits per heavy atom. The number of aryl methyl sites for hydroxylation is 1. The van der Waals surface area contributed by atoms with Crippen LogP contribution in [0.25, 0.3) is 22.8 Å². The van der Waals surface area contributed by atoms with E-state index in [2.05, 4.69) is 25.5 Å². The highest BCUT2D eigenvalue weighted by atomic mass is 35.5. The van der Waals surface area contributed by atoms with E-state index >= 15 is 4.39 Å². The molecule has 1 aliphatic rings. The summed E-state index contributed by atoms with van der Waals surface area (Å²) in [6.45, 7) is 5.37. The maximum absolute atomic E-state index is 15.1. The molecule has 1 aromatic carbocycles. The van der Waals surface area contributed by atoms with Crippen molar-refractivity contribution in [2.24, 2.45) is 0 Å². The van der Waals surface area contributed by atoms with Gasteiger partial charge in [-0.15, -0.1) is 0 Å². The number of nitrogens with one attached hydrogen (secondary N) is 2. The summed E-state index contributed by atoms with van der Waals surface area (Å²) in [6.07, 6.45) is 7.90. The van der Waals surface area contributed by atoms with Gasteiger partial charge in [0.05, 0.1) is 16.2 Å². The number of rotatable bonds is 7. The van der Waals surface area contributed by atoms with E-state index in [0.717, 1.165) is 48.4 Å². The van der Waals surface area contributed by atoms with Crippen molar-refractivity contribution < 1.29 is 13.9 Å². The van der Waals surface area contributed by atoms with Crippen LogP contribution >= 0.6 is 11.6 Å². The van der Waals surface area contributed by atoms with E-state index in [1.54, 1.807) is 24.5 Å². The molecule has 3 aromatic heterocycles. The number of hydrogen-bond donors (Lipinski definition) is 2. The lowest BCUT2D eigenvalue weighted by Crippen LogP contribution is -2.28. The third-order valence-electron chi connectivity index (χ3n) is 6.30. The monoisotopic (exact) mass is 507 g/mol. The van der Waals surface area contributed by atoms with Gasteiger partial charge in [-0.05, 0) is 62.6 Å². The van der Waals surface area contributed by atoms with Crippen molar-refractivity contribution >= 4 is 40.2 Å². The molecule has 1 aliphatic heterocycles. The van der Waals surface area contributed by atoms with Crippen LogP contribution in [0.1, 0.15) is 48.3 Å². The quantitative estimate of drug-likeness (QED) is 0.296. The molecule has 1 atom stereocenters. The second-order valence-corrected chi connectivity index (χ2v) is 9.29. The molecule has 5 rings (SSSR count). The number of fused-ring (bicyclic) bond motifs is 1. The number of ether oxygens (including phenoxy) is 2. The largest absolute Gasteiger partial charge is 0.486 e. The fourth-order valence-corrected chi connectivity index (χ4v) is 4.75. The van der Waals surface area contributed by atoms with Gasteiger partial charge in [-0.25, -0.2) is 9.37 Å². The van der Waals surface area contributed by atoms with E-state index < -0.39 is 5.83 Å². The number of benzene rings is 1. The Morgan fingerprint density at radius 3 is 2.81 bits per heavy atom. The lowest BCUT2D eigenvalue weighted by atomic mass is 10.1. The molecule has 1 saturated heterocycles. The molecule has 7 nitrogen and oxygen atoms in total. The Bertz CT molecular complexity index is 1360. The topological polar surface area (TPSA) is 85.0 Å². The van der Waals surface area contributed by atoms with Gasteiger partial charge in [0.1, 0.15) is 23.5 Å². The number of H-pyrrole nitrogens is 1. The van der Waals surface area contributed by atoms with Crippen LogP contribution in [0.4, 0.5) is 10.2 Å². The number of aromatic nitrogens is 4. The van der Waals surface area contributed by atoms with Gasteiger partial charge in [0.2, 0.25) is 0 Å². The first-order valence-electron chi connectivity index (χ1n) is 11.9. The van der Waals surface area contributed by atoms with E-state index in [9.17, 15) is 0 Å². The maximum Gasteiger partial charge on any atom is 0.134 e. The number of halogens is 2. The Labute approximate surface area is 213 Å². The standard InChI is InChI=1S/C27H27ClFN5O2/c1-16-13-30-15-22(28)27(16)17(2)36-20-4-5-24-21(11-20)25(34-33-24)12-23(29)18-3-6-26(31-14-18)32-19-7-9-35-10-8-19/h3-6,11-15,17,19H,7-10H2,1-2H3,(H,31,32)(H,33,34)/b23-12-. The smallest absolute Gasteiger partial charge is 0.134 e. The normalized spacial score (nSPS) is 15.7. The Balaban J connectivity index is 1.33. The number of hydrogen-bond acceptors (Lipinski definition) is 6. The number of pyridine rings is 2. The molecule has 1 fully saturated rings. The average molecular weight is 508 g/mol. The molecule has 0 radical (unpaired) electrons. The molecule has 4 aromatic rings. The van der Waals surface area contributed by atoms with E-state index in [0.29, 0.717) is 33.6 Å². The van der Waals surface area contributed by atoms with Crippen LogP contribution in [-0.4, -0.2) is 39.4 Å². The SMILES string of the molecule is Cc1cncc(Cl)c1C(C)Oc1ccc2n[nH]c(/C=C(\F)c3ccc(NC4CCOCC4)nc3)c2c1. The molecule has 186 valence electrons. The molecule has 2 N–H and O–H groups in total. The number of nitrogens with zero attached hydrogens (tertiary/aromatic N) is 3. The summed E-state index contributed by atoms with van der Waals surface area (Å²) in [7, 11) is 0. The Morgan fingerprint density at radius 2 is 2.06 bits per heavy atom. The first-order chi connectivity index (χ1) is 17.5. The van der Waals surface area contributed by atoms with Gasteiger partial charge in [-0.2, -0.15) is 5.10 Å². The third-order valence-corrected chi connectivity index (χ3v) is 6.60. The van der Waals surface area contributed by atoms with Crippen molar-refractivity contribution in [3.63, 3.8) is 0 Å². The Hall–Kier alpha value is -3.49. The first-order valence-corrected chi connectivity index (χ1v) is 12.3. The number of anilines is 1. The first kappa shape index (κ1) is 24.2. The van der Waals surface area contributed by atoms with Gasteiger partial charge in [0.15, 0.2) is 0 Å². The number of aromatic amines is 1. The second kappa shape index (κ2) is 10.6. The zero-order valence-electron chi connectivity index (χ0n) is 20.1. The van der Waals surface area contributed by atoms with Crippen LogP contribution in [0.3, 0.4) is 0 Å². The fourth-order valence-electron chi connectivity index (χ4n) is 4.39. The van der Waals surface area contributed by atoms with Crippen molar-refractivity contribution in [1.29, 1.82) is 0 Å². The maximum atomic E-state index is 15.1. The van der Waals surface area contributed by atoms with E-state index in [4.69, 9.17) is 21.1 Å². The molecule has 0 saturated carbocycles. The summed E-state index contributed by atoms with van der Waals surface area (Å²) in [5.74, 6) is 0.944. The predicted molar refractivity (Wildman–Crippen MR) is 140 cm³/mol. The van der Waals surface area contributed by atoms with Crippen LogP contribution in [0, 0.1) is 6.92 Å². The van der Waals surface area contributed by atoms with Gasteiger partial charge in [0, 0.05) is 60.4 Å². The highest BCUT2D eigenvalue weighted by Crippen LogP contribution is 2.32. The molecule has 0 bridgehead atoms. The van der Waals surface area contributed by atoms with Crippen LogP contribution in [0.2, 0.25) is 5.02 Å². The zero-order chi connectivity index (χ0) is 25.1. The van der Waals surface area contributed by atoms with Crippen molar-refractivity contribution in [3.05, 3.63) is 76.3 Å². The third kappa shape index (κ3) is 5.34. The minimum Gasteiger partial charge on any atom is -0.486 e. The van der Waals surface area contributed by atoms with Gasteiger partial charge in [0.25, 0.3) is 0 Å².